The van der Waals surface area contributed by atoms with Crippen LogP contribution in [0.5, 0.6) is 17.8 Å². The minimum atomic E-state index is -0.885. The van der Waals surface area contributed by atoms with Gasteiger partial charge >= 0.3 is 12.0 Å². The summed E-state index contributed by atoms with van der Waals surface area (Å²) in [6, 6.07) is 6.23. The van der Waals surface area contributed by atoms with Crippen molar-refractivity contribution in [2.45, 2.75) is 0 Å². The molecule has 104 valence electrons. The second kappa shape index (κ2) is 5.78. The van der Waals surface area contributed by atoms with Crippen LogP contribution in [0.4, 0.5) is 0 Å². The van der Waals surface area contributed by atoms with Crippen LogP contribution in [0.3, 0.4) is 0 Å². The van der Waals surface area contributed by atoms with Gasteiger partial charge in [0.2, 0.25) is 0 Å². The summed E-state index contributed by atoms with van der Waals surface area (Å²) in [5, 5.41) is 9.32. The van der Waals surface area contributed by atoms with Gasteiger partial charge in [-0.15, -0.1) is 15.1 Å². The normalized spacial score (nSPS) is 9.90. The number of benzene rings is 1. The molecular formula is C11H10N4O5. The number of hydrogen-bond donors (Lipinski definition) is 0. The molecule has 0 saturated carbocycles. The van der Waals surface area contributed by atoms with Crippen LogP contribution >= 0.6 is 0 Å². The Morgan fingerprint density at radius 2 is 1.55 bits per heavy atom. The average Bonchev–Trinajstić information content (AvgIpc) is 2.46. The maximum absolute atomic E-state index is 10.2. The van der Waals surface area contributed by atoms with Gasteiger partial charge in [0.15, 0.2) is 5.82 Å². The van der Waals surface area contributed by atoms with Crippen LogP contribution in [0.15, 0.2) is 24.3 Å². The highest BCUT2D eigenvalue weighted by atomic mass is 17.0. The zero-order chi connectivity index (χ0) is 14.5. The van der Waals surface area contributed by atoms with E-state index < -0.39 is 5.09 Å². The molecular weight excluding hydrogens is 268 g/mol. The fourth-order valence-electron chi connectivity index (χ4n) is 1.40. The molecule has 0 aliphatic heterocycles. The molecule has 9 heteroatoms. The zero-order valence-electron chi connectivity index (χ0n) is 10.6. The fraction of sp³-hybridized carbons (Fsp3) is 0.182. The Bertz CT molecular complexity index is 594. The van der Waals surface area contributed by atoms with Crippen LogP contribution in [-0.4, -0.2) is 34.3 Å². The van der Waals surface area contributed by atoms with Crippen molar-refractivity contribution in [3.8, 4) is 29.2 Å². The molecule has 20 heavy (non-hydrogen) atoms. The summed E-state index contributed by atoms with van der Waals surface area (Å²) in [5.41, 5.74) is 0.611. The Balaban J connectivity index is 2.33. The molecule has 0 atom stereocenters. The van der Waals surface area contributed by atoms with Crippen LogP contribution in [0.1, 0.15) is 0 Å². The molecule has 0 N–H and O–H groups in total. The lowest BCUT2D eigenvalue weighted by molar-refractivity contribution is -0.711. The van der Waals surface area contributed by atoms with Gasteiger partial charge in [-0.2, -0.15) is 9.97 Å². The van der Waals surface area contributed by atoms with Gasteiger partial charge in [-0.1, -0.05) is 0 Å². The summed E-state index contributed by atoms with van der Waals surface area (Å²) in [5.74, 6) is 0.424. The van der Waals surface area contributed by atoms with Crippen molar-refractivity contribution in [3.05, 3.63) is 34.4 Å². The van der Waals surface area contributed by atoms with Crippen LogP contribution in [0.25, 0.3) is 11.4 Å². The average molecular weight is 278 g/mol. The Morgan fingerprint density at radius 3 is 2.00 bits per heavy atom. The molecule has 0 aliphatic rings. The highest BCUT2D eigenvalue weighted by molar-refractivity contribution is 5.56. The Labute approximate surface area is 113 Å². The molecule has 1 aromatic carbocycles. The smallest absolute Gasteiger partial charge is 0.322 e. The first-order valence-corrected chi connectivity index (χ1v) is 5.39. The van der Waals surface area contributed by atoms with Crippen molar-refractivity contribution in [1.29, 1.82) is 0 Å². The summed E-state index contributed by atoms with van der Waals surface area (Å²) in [6.07, 6.45) is 0. The first kappa shape index (κ1) is 13.5. The van der Waals surface area contributed by atoms with E-state index in [0.717, 1.165) is 0 Å². The Kier molecular flexibility index (Phi) is 3.89. The monoisotopic (exact) mass is 278 g/mol. The summed E-state index contributed by atoms with van der Waals surface area (Å²) in [6.45, 7) is 0. The van der Waals surface area contributed by atoms with Gasteiger partial charge in [-0.3, -0.25) is 4.84 Å². The topological polar surface area (TPSA) is 110 Å². The van der Waals surface area contributed by atoms with Crippen molar-refractivity contribution in [2.24, 2.45) is 0 Å². The van der Waals surface area contributed by atoms with Crippen LogP contribution < -0.4 is 14.3 Å². The Hall–Kier alpha value is -2.97. The minimum Gasteiger partial charge on any atom is -0.467 e. The molecule has 0 spiro atoms. The third-order valence-corrected chi connectivity index (χ3v) is 2.25. The minimum absolute atomic E-state index is 0.103. The van der Waals surface area contributed by atoms with E-state index in [0.29, 0.717) is 11.4 Å². The predicted molar refractivity (Wildman–Crippen MR) is 66.0 cm³/mol. The van der Waals surface area contributed by atoms with Gasteiger partial charge in [0, 0.05) is 5.56 Å². The largest absolute Gasteiger partial charge is 0.467 e. The summed E-state index contributed by atoms with van der Waals surface area (Å²) < 4.78 is 9.88. The molecule has 9 nitrogen and oxygen atoms in total. The second-order valence-electron chi connectivity index (χ2n) is 3.47. The van der Waals surface area contributed by atoms with Gasteiger partial charge in [0.1, 0.15) is 5.75 Å². The molecule has 0 unspecified atom stereocenters. The van der Waals surface area contributed by atoms with E-state index in [1.165, 1.54) is 26.4 Å². The molecule has 0 aliphatic carbocycles. The lowest BCUT2D eigenvalue weighted by atomic mass is 10.2. The summed E-state index contributed by atoms with van der Waals surface area (Å²) >= 11 is 0. The number of rotatable bonds is 5. The molecule has 2 rings (SSSR count). The van der Waals surface area contributed by atoms with E-state index in [4.69, 9.17) is 9.47 Å². The molecule has 1 heterocycles. The van der Waals surface area contributed by atoms with Crippen molar-refractivity contribution in [2.75, 3.05) is 14.2 Å². The van der Waals surface area contributed by atoms with E-state index >= 15 is 0 Å². The first-order chi connectivity index (χ1) is 9.62. The van der Waals surface area contributed by atoms with E-state index in [1.807, 2.05) is 0 Å². The zero-order valence-corrected chi connectivity index (χ0v) is 10.6. The highest BCUT2D eigenvalue weighted by Crippen LogP contribution is 2.22. The summed E-state index contributed by atoms with van der Waals surface area (Å²) in [7, 11) is 2.85. The van der Waals surface area contributed by atoms with E-state index in [2.05, 4.69) is 19.8 Å². The maximum atomic E-state index is 10.2. The van der Waals surface area contributed by atoms with Gasteiger partial charge in [0.25, 0.3) is 5.09 Å². The van der Waals surface area contributed by atoms with Crippen molar-refractivity contribution in [1.82, 2.24) is 15.0 Å². The highest BCUT2D eigenvalue weighted by Gasteiger charge is 2.09. The van der Waals surface area contributed by atoms with Crippen LogP contribution in [0, 0.1) is 10.1 Å². The molecule has 2 aromatic rings. The van der Waals surface area contributed by atoms with Crippen LogP contribution in [0.2, 0.25) is 0 Å². The summed E-state index contributed by atoms with van der Waals surface area (Å²) in [4.78, 5) is 26.5. The molecule has 0 radical (unpaired) electrons. The van der Waals surface area contributed by atoms with E-state index in [1.54, 1.807) is 12.1 Å². The number of nitrogens with zero attached hydrogens (tertiary/aromatic N) is 4. The Morgan fingerprint density at radius 1 is 1.00 bits per heavy atom. The quantitative estimate of drug-likeness (QED) is 0.591. The van der Waals surface area contributed by atoms with E-state index in [9.17, 15) is 10.1 Å². The number of aromatic nitrogens is 3. The number of ether oxygens (including phenoxy) is 2. The van der Waals surface area contributed by atoms with Gasteiger partial charge in [-0.05, 0) is 24.3 Å². The second-order valence-corrected chi connectivity index (χ2v) is 3.47. The lowest BCUT2D eigenvalue weighted by Crippen LogP contribution is -2.03. The first-order valence-electron chi connectivity index (χ1n) is 5.39. The molecule has 1 aromatic heterocycles. The van der Waals surface area contributed by atoms with Crippen molar-refractivity contribution >= 4 is 0 Å². The number of methoxy groups -OCH3 is 2. The van der Waals surface area contributed by atoms with Gasteiger partial charge < -0.3 is 9.47 Å². The molecule has 0 amide bonds. The maximum Gasteiger partial charge on any atom is 0.322 e. The molecule has 0 bridgehead atoms. The van der Waals surface area contributed by atoms with Crippen LogP contribution in [-0.2, 0) is 0 Å². The fourth-order valence-corrected chi connectivity index (χ4v) is 1.40. The molecule has 0 fully saturated rings. The van der Waals surface area contributed by atoms with Crippen molar-refractivity contribution < 1.29 is 19.4 Å². The third-order valence-electron chi connectivity index (χ3n) is 2.25. The standard InChI is InChI=1S/C11H10N4O5/c1-18-10-12-9(13-11(14-10)19-2)7-3-5-8(6-4-7)20-15(16)17/h3-6H,1-2H3. The lowest BCUT2D eigenvalue weighted by Gasteiger charge is -2.05. The predicted octanol–water partition coefficient (Wildman–Crippen LogP) is 1.13. The molecule has 0 saturated heterocycles. The van der Waals surface area contributed by atoms with Crippen molar-refractivity contribution in [3.63, 3.8) is 0 Å². The number of hydrogen-bond acceptors (Lipinski definition) is 8. The third kappa shape index (κ3) is 3.07. The van der Waals surface area contributed by atoms with E-state index in [-0.39, 0.29) is 17.8 Å². The van der Waals surface area contributed by atoms with Gasteiger partial charge in [0.05, 0.1) is 14.2 Å². The van der Waals surface area contributed by atoms with Gasteiger partial charge in [-0.25, -0.2) is 0 Å². The SMILES string of the molecule is COc1nc(OC)nc(-c2ccc(O[N+](=O)[O-])cc2)n1.